The van der Waals surface area contributed by atoms with Gasteiger partial charge in [-0.3, -0.25) is 4.79 Å². The van der Waals surface area contributed by atoms with Gasteiger partial charge in [0, 0.05) is 24.9 Å². The Kier molecular flexibility index (Phi) is 8.53. The molecule has 1 aromatic carbocycles. The van der Waals surface area contributed by atoms with Gasteiger partial charge in [0.2, 0.25) is 5.95 Å². The van der Waals surface area contributed by atoms with Gasteiger partial charge in [-0.15, -0.1) is 4.90 Å². The number of imide groups is 1. The van der Waals surface area contributed by atoms with E-state index in [0.29, 0.717) is 23.6 Å². The minimum atomic E-state index is -4.71. The Morgan fingerprint density at radius 2 is 1.64 bits per heavy atom. The fourth-order valence-corrected chi connectivity index (χ4v) is 4.36. The number of H-pyrrole nitrogens is 1. The zero-order valence-corrected chi connectivity index (χ0v) is 25.2. The lowest BCUT2D eigenvalue weighted by atomic mass is 10.1. The van der Waals surface area contributed by atoms with Crippen molar-refractivity contribution < 1.29 is 41.8 Å². The van der Waals surface area contributed by atoms with Crippen LogP contribution in [0.4, 0.5) is 40.1 Å². The molecule has 2 aromatic heterocycles. The molecular formula is C29H33F3N6O6. The van der Waals surface area contributed by atoms with Crippen molar-refractivity contribution in [2.75, 3.05) is 23.9 Å². The number of methoxy groups -OCH3 is 1. The first-order chi connectivity index (χ1) is 20.4. The Labute approximate surface area is 251 Å². The summed E-state index contributed by atoms with van der Waals surface area (Å²) in [6.45, 7) is 10.0. The highest BCUT2D eigenvalue weighted by Crippen LogP contribution is 2.43. The summed E-state index contributed by atoms with van der Waals surface area (Å²) < 4.78 is 57.2. The molecule has 15 heteroatoms. The predicted molar refractivity (Wildman–Crippen MR) is 154 cm³/mol. The number of benzene rings is 1. The number of nitrogens with zero attached hydrogens (tertiary/aromatic N) is 3. The molecule has 0 fully saturated rings. The number of nitrogens with one attached hydrogen (secondary N) is 3. The van der Waals surface area contributed by atoms with Gasteiger partial charge in [-0.2, -0.15) is 13.2 Å². The van der Waals surface area contributed by atoms with Crippen molar-refractivity contribution >= 4 is 35.4 Å². The van der Waals surface area contributed by atoms with Crippen molar-refractivity contribution in [3.05, 3.63) is 47.3 Å². The van der Waals surface area contributed by atoms with Crippen LogP contribution in [0.25, 0.3) is 11.4 Å². The second-order valence-corrected chi connectivity index (χ2v) is 11.8. The molecule has 3 amide bonds. The van der Waals surface area contributed by atoms with E-state index >= 15 is 0 Å². The molecule has 4 rings (SSSR count). The molecule has 0 saturated carbocycles. The summed E-state index contributed by atoms with van der Waals surface area (Å²) in [6.07, 6.45) is -5.25. The summed E-state index contributed by atoms with van der Waals surface area (Å²) in [5.41, 5.74) is -2.02. The minimum Gasteiger partial charge on any atom is -0.494 e. The maximum atomic E-state index is 13.8. The molecule has 3 N–H and O–H groups in total. The van der Waals surface area contributed by atoms with Crippen LogP contribution < -0.4 is 20.3 Å². The van der Waals surface area contributed by atoms with E-state index < -0.39 is 52.7 Å². The van der Waals surface area contributed by atoms with E-state index in [4.69, 9.17) is 14.2 Å². The molecule has 1 aliphatic rings. The van der Waals surface area contributed by atoms with E-state index in [9.17, 15) is 27.6 Å². The molecule has 12 nitrogen and oxygen atoms in total. The number of amides is 3. The van der Waals surface area contributed by atoms with E-state index in [1.165, 1.54) is 24.4 Å². The summed E-state index contributed by atoms with van der Waals surface area (Å²) >= 11 is 0. The van der Waals surface area contributed by atoms with E-state index in [1.807, 2.05) is 0 Å². The smallest absolute Gasteiger partial charge is 0.427 e. The number of carbonyl (C=O) groups is 3. The first-order valence-corrected chi connectivity index (χ1v) is 13.5. The highest BCUT2D eigenvalue weighted by Gasteiger charge is 2.37. The van der Waals surface area contributed by atoms with Crippen LogP contribution >= 0.6 is 0 Å². The van der Waals surface area contributed by atoms with Gasteiger partial charge in [-0.25, -0.2) is 19.6 Å². The highest BCUT2D eigenvalue weighted by atomic mass is 19.4. The third-order valence-corrected chi connectivity index (χ3v) is 6.00. The zero-order valence-electron chi connectivity index (χ0n) is 25.2. The standard InChI is InChI=1S/C29H33F3N6O6/c1-27(2,3)43-25(40)38(26(41)44-28(4,5)6)24-34-14-12-17(37-24)20-21(19-16(35-20)11-13-33-23(19)39)36-18-10-8-9-15(22(18)42-7)29(30,31)32/h8-10,12,14,35-36H,11,13H2,1-7H3,(H,33,39). The molecule has 236 valence electrons. The minimum absolute atomic E-state index is 0.0674. The molecule has 3 heterocycles. The highest BCUT2D eigenvalue weighted by molar-refractivity contribution is 6.09. The third-order valence-electron chi connectivity index (χ3n) is 6.00. The first kappa shape index (κ1) is 32.1. The number of ether oxygens (including phenoxy) is 3. The van der Waals surface area contributed by atoms with Crippen LogP contribution in [-0.4, -0.2) is 57.9 Å². The Morgan fingerprint density at radius 3 is 2.20 bits per heavy atom. The normalized spacial score (nSPS) is 13.5. The monoisotopic (exact) mass is 618 g/mol. The van der Waals surface area contributed by atoms with Crippen molar-refractivity contribution in [2.45, 2.75) is 65.3 Å². The average Bonchev–Trinajstić information content (AvgIpc) is 3.25. The summed E-state index contributed by atoms with van der Waals surface area (Å²) in [4.78, 5) is 51.5. The second kappa shape index (κ2) is 11.7. The topological polar surface area (TPSA) is 148 Å². The molecule has 0 unspecified atom stereocenters. The summed E-state index contributed by atoms with van der Waals surface area (Å²) in [7, 11) is 1.11. The molecular weight excluding hydrogens is 585 g/mol. The lowest BCUT2D eigenvalue weighted by Crippen LogP contribution is -2.44. The fraction of sp³-hybridized carbons (Fsp3) is 0.414. The van der Waals surface area contributed by atoms with Crippen LogP contribution in [0.15, 0.2) is 30.5 Å². The lowest BCUT2D eigenvalue weighted by Gasteiger charge is -2.27. The van der Waals surface area contributed by atoms with Crippen LogP contribution in [-0.2, 0) is 22.1 Å². The third kappa shape index (κ3) is 7.03. The quantitative estimate of drug-likeness (QED) is 0.304. The number of alkyl halides is 3. The zero-order chi connectivity index (χ0) is 32.6. The Balaban J connectivity index is 1.87. The fourth-order valence-electron chi connectivity index (χ4n) is 4.36. The molecule has 44 heavy (non-hydrogen) atoms. The van der Waals surface area contributed by atoms with Gasteiger partial charge >= 0.3 is 18.4 Å². The van der Waals surface area contributed by atoms with E-state index in [-0.39, 0.29) is 28.3 Å². The molecule has 0 saturated heterocycles. The van der Waals surface area contributed by atoms with Gasteiger partial charge in [0.25, 0.3) is 5.91 Å². The van der Waals surface area contributed by atoms with Crippen LogP contribution in [0.2, 0.25) is 0 Å². The number of hydrogen-bond donors (Lipinski definition) is 3. The van der Waals surface area contributed by atoms with Crippen LogP contribution in [0.3, 0.4) is 0 Å². The van der Waals surface area contributed by atoms with Crippen molar-refractivity contribution in [1.82, 2.24) is 20.3 Å². The van der Waals surface area contributed by atoms with Crippen LogP contribution in [0.1, 0.15) is 63.2 Å². The number of anilines is 3. The summed E-state index contributed by atoms with van der Waals surface area (Å²) in [6, 6.07) is 4.89. The molecule has 1 aliphatic heterocycles. The number of aromatic amines is 1. The van der Waals surface area contributed by atoms with Crippen molar-refractivity contribution in [1.29, 1.82) is 0 Å². The molecule has 0 aliphatic carbocycles. The van der Waals surface area contributed by atoms with Gasteiger partial charge in [-0.05, 0) is 59.7 Å². The number of carbonyl (C=O) groups excluding carboxylic acids is 3. The van der Waals surface area contributed by atoms with Crippen LogP contribution in [0.5, 0.6) is 5.75 Å². The number of para-hydroxylation sites is 1. The molecule has 0 bridgehead atoms. The summed E-state index contributed by atoms with van der Waals surface area (Å²) in [5, 5.41) is 5.65. The Bertz CT molecular complexity index is 1560. The maximum Gasteiger partial charge on any atom is 0.427 e. The van der Waals surface area contributed by atoms with Gasteiger partial charge in [0.1, 0.15) is 11.2 Å². The van der Waals surface area contributed by atoms with Gasteiger partial charge in [0.15, 0.2) is 5.75 Å². The van der Waals surface area contributed by atoms with Gasteiger partial charge < -0.3 is 29.8 Å². The van der Waals surface area contributed by atoms with Crippen molar-refractivity contribution in [3.8, 4) is 17.1 Å². The number of aromatic nitrogens is 3. The van der Waals surface area contributed by atoms with E-state index in [0.717, 1.165) is 13.2 Å². The molecule has 0 radical (unpaired) electrons. The summed E-state index contributed by atoms with van der Waals surface area (Å²) in [5.74, 6) is -1.35. The first-order valence-electron chi connectivity index (χ1n) is 13.5. The lowest BCUT2D eigenvalue weighted by molar-refractivity contribution is -0.138. The number of rotatable bonds is 5. The SMILES string of the molecule is COc1c(Nc2c(-c3ccnc(N(C(=O)OC(C)(C)C)C(=O)OC(C)(C)C)n3)[nH]c3c2C(=O)NCC3)cccc1C(F)(F)F. The number of hydrogen-bond acceptors (Lipinski definition) is 9. The predicted octanol–water partition coefficient (Wildman–Crippen LogP) is 6.21. The van der Waals surface area contributed by atoms with Gasteiger partial charge in [-0.1, -0.05) is 6.07 Å². The van der Waals surface area contributed by atoms with Gasteiger partial charge in [0.05, 0.1) is 41.0 Å². The Hall–Kier alpha value is -4.82. The number of halogens is 3. The molecule has 3 aromatic rings. The maximum absolute atomic E-state index is 13.8. The average molecular weight is 619 g/mol. The number of fused-ring (bicyclic) bond motifs is 1. The second-order valence-electron chi connectivity index (χ2n) is 11.8. The Morgan fingerprint density at radius 1 is 1.00 bits per heavy atom. The molecule has 0 spiro atoms. The largest absolute Gasteiger partial charge is 0.494 e. The van der Waals surface area contributed by atoms with E-state index in [1.54, 1.807) is 41.5 Å². The molecule has 0 atom stereocenters. The van der Waals surface area contributed by atoms with E-state index in [2.05, 4.69) is 25.6 Å². The van der Waals surface area contributed by atoms with Crippen LogP contribution in [0, 0.1) is 0 Å². The van der Waals surface area contributed by atoms with Crippen molar-refractivity contribution in [3.63, 3.8) is 0 Å². The van der Waals surface area contributed by atoms with Crippen molar-refractivity contribution in [2.24, 2.45) is 0 Å².